The van der Waals surface area contributed by atoms with E-state index in [4.69, 9.17) is 5.84 Å². The Morgan fingerprint density at radius 2 is 2.24 bits per heavy atom. The lowest BCUT2D eigenvalue weighted by atomic mass is 9.98. The molecule has 4 N–H and O–H groups in total. The van der Waals surface area contributed by atoms with Crippen LogP contribution < -0.4 is 16.6 Å². The minimum atomic E-state index is -0.564. The Hall–Kier alpha value is -2.15. The number of nitrogens with one attached hydrogen (secondary N) is 2. The van der Waals surface area contributed by atoms with E-state index in [0.29, 0.717) is 18.4 Å². The molecule has 1 aliphatic carbocycles. The third-order valence-electron chi connectivity index (χ3n) is 4.19. The quantitative estimate of drug-likeness (QED) is 0.437. The van der Waals surface area contributed by atoms with Gasteiger partial charge in [-0.05, 0) is 24.3 Å². The second-order valence-corrected chi connectivity index (χ2v) is 5.48. The number of para-hydroxylation sites is 1. The minimum absolute atomic E-state index is 0.0412. The summed E-state index contributed by atoms with van der Waals surface area (Å²) in [4.78, 5) is 22.6. The van der Waals surface area contributed by atoms with Crippen molar-refractivity contribution in [3.63, 3.8) is 0 Å². The number of hydrogen-bond acceptors (Lipinski definition) is 5. The number of anilines is 1. The van der Waals surface area contributed by atoms with E-state index in [1.54, 1.807) is 0 Å². The number of nitro groups is 1. The Balaban J connectivity index is 2.11. The lowest BCUT2D eigenvalue weighted by molar-refractivity contribution is -0.384. The van der Waals surface area contributed by atoms with E-state index in [-0.39, 0.29) is 22.8 Å². The summed E-state index contributed by atoms with van der Waals surface area (Å²) in [7, 11) is 0. The Labute approximate surface area is 123 Å². The van der Waals surface area contributed by atoms with Crippen LogP contribution in [0.2, 0.25) is 0 Å². The van der Waals surface area contributed by atoms with Gasteiger partial charge in [0, 0.05) is 12.6 Å². The lowest BCUT2D eigenvalue weighted by Gasteiger charge is -2.16. The lowest BCUT2D eigenvalue weighted by Crippen LogP contribution is -2.31. The molecular weight excluding hydrogens is 272 g/mol. The molecule has 7 nitrogen and oxygen atoms in total. The molecule has 0 saturated heterocycles. The molecule has 2 unspecified atom stereocenters. The highest BCUT2D eigenvalue weighted by molar-refractivity contribution is 6.01. The molecule has 1 amide bonds. The maximum Gasteiger partial charge on any atom is 0.294 e. The predicted octanol–water partition coefficient (Wildman–Crippen LogP) is 2.05. The number of nitrogens with two attached hydrogens (primary N) is 1. The maximum absolute atomic E-state index is 12.2. The van der Waals surface area contributed by atoms with E-state index in [1.807, 2.05) is 0 Å². The molecule has 1 aromatic carbocycles. The molecule has 1 aromatic rings. The Morgan fingerprint density at radius 1 is 1.48 bits per heavy atom. The summed E-state index contributed by atoms with van der Waals surface area (Å²) in [5.74, 6) is 6.06. The minimum Gasteiger partial charge on any atom is -0.352 e. The molecule has 114 valence electrons. The second-order valence-electron chi connectivity index (χ2n) is 5.48. The van der Waals surface area contributed by atoms with Crippen LogP contribution in [-0.2, 0) is 0 Å². The molecule has 2 rings (SSSR count). The Kier molecular flexibility index (Phi) is 4.74. The monoisotopic (exact) mass is 292 g/mol. The standard InChI is InChI=1S/C14H20N4O3/c1-9-4-2-5-10(9)8-16-14(19)11-6-3-7-12(18(20)21)13(11)17-15/h3,6-7,9-10,17H,2,4-5,8,15H2,1H3,(H,16,19). The van der Waals surface area contributed by atoms with Gasteiger partial charge in [-0.3, -0.25) is 20.8 Å². The number of amides is 1. The van der Waals surface area contributed by atoms with Crippen LogP contribution in [0.5, 0.6) is 0 Å². The number of rotatable bonds is 5. The van der Waals surface area contributed by atoms with Gasteiger partial charge in [-0.2, -0.15) is 0 Å². The third kappa shape index (κ3) is 3.30. The molecule has 0 aromatic heterocycles. The van der Waals surface area contributed by atoms with Crippen molar-refractivity contribution in [3.05, 3.63) is 33.9 Å². The predicted molar refractivity (Wildman–Crippen MR) is 79.7 cm³/mol. The van der Waals surface area contributed by atoms with Crippen LogP contribution in [0.3, 0.4) is 0 Å². The Bertz CT molecular complexity index is 547. The SMILES string of the molecule is CC1CCCC1CNC(=O)c1cccc([N+](=O)[O-])c1NN. The van der Waals surface area contributed by atoms with Gasteiger partial charge in [-0.15, -0.1) is 0 Å². The molecule has 0 heterocycles. The zero-order valence-corrected chi connectivity index (χ0v) is 12.0. The fourth-order valence-corrected chi connectivity index (χ4v) is 2.88. The second kappa shape index (κ2) is 6.53. The van der Waals surface area contributed by atoms with E-state index in [1.165, 1.54) is 31.0 Å². The van der Waals surface area contributed by atoms with E-state index >= 15 is 0 Å². The summed E-state index contributed by atoms with van der Waals surface area (Å²) in [6.07, 6.45) is 3.49. The topological polar surface area (TPSA) is 110 Å². The highest BCUT2D eigenvalue weighted by atomic mass is 16.6. The van der Waals surface area contributed by atoms with Crippen molar-refractivity contribution in [2.45, 2.75) is 26.2 Å². The molecule has 1 aliphatic rings. The molecule has 2 atom stereocenters. The van der Waals surface area contributed by atoms with E-state index in [2.05, 4.69) is 17.7 Å². The summed E-state index contributed by atoms with van der Waals surface area (Å²) in [5.41, 5.74) is 2.28. The highest BCUT2D eigenvalue weighted by Gasteiger charge is 2.25. The summed E-state index contributed by atoms with van der Waals surface area (Å²) in [6.45, 7) is 2.77. The molecule has 21 heavy (non-hydrogen) atoms. The van der Waals surface area contributed by atoms with Crippen molar-refractivity contribution in [1.29, 1.82) is 0 Å². The van der Waals surface area contributed by atoms with Gasteiger partial charge in [0.2, 0.25) is 0 Å². The number of benzene rings is 1. The van der Waals surface area contributed by atoms with Gasteiger partial charge in [0.25, 0.3) is 11.6 Å². The number of nitrogens with zero attached hydrogens (tertiary/aromatic N) is 1. The summed E-state index contributed by atoms with van der Waals surface area (Å²) < 4.78 is 0. The van der Waals surface area contributed by atoms with Gasteiger partial charge in [-0.25, -0.2) is 0 Å². The fourth-order valence-electron chi connectivity index (χ4n) is 2.88. The Morgan fingerprint density at radius 3 is 2.81 bits per heavy atom. The number of hydrogen-bond donors (Lipinski definition) is 3. The number of carbonyl (C=O) groups excluding carboxylic acids is 1. The first-order valence-corrected chi connectivity index (χ1v) is 7.06. The molecule has 0 radical (unpaired) electrons. The normalized spacial score (nSPS) is 21.0. The zero-order valence-electron chi connectivity index (χ0n) is 12.0. The first-order chi connectivity index (χ1) is 10.0. The largest absolute Gasteiger partial charge is 0.352 e. The van der Waals surface area contributed by atoms with Gasteiger partial charge < -0.3 is 10.7 Å². The average Bonchev–Trinajstić information content (AvgIpc) is 2.89. The molecule has 1 saturated carbocycles. The summed E-state index contributed by atoms with van der Waals surface area (Å²) in [5, 5.41) is 13.8. The van der Waals surface area contributed by atoms with Crippen LogP contribution in [0.15, 0.2) is 18.2 Å². The zero-order chi connectivity index (χ0) is 15.4. The van der Waals surface area contributed by atoms with E-state index in [0.717, 1.165) is 6.42 Å². The van der Waals surface area contributed by atoms with Gasteiger partial charge in [0.05, 0.1) is 10.5 Å². The van der Waals surface area contributed by atoms with Crippen LogP contribution in [0.1, 0.15) is 36.5 Å². The van der Waals surface area contributed by atoms with Crippen LogP contribution in [0, 0.1) is 22.0 Å². The molecule has 0 aliphatic heterocycles. The maximum atomic E-state index is 12.2. The molecule has 1 fully saturated rings. The van der Waals surface area contributed by atoms with Crippen LogP contribution >= 0.6 is 0 Å². The number of nitro benzene ring substituents is 1. The van der Waals surface area contributed by atoms with Gasteiger partial charge in [-0.1, -0.05) is 25.8 Å². The van der Waals surface area contributed by atoms with Crippen LogP contribution in [0.25, 0.3) is 0 Å². The van der Waals surface area contributed by atoms with Gasteiger partial charge in [0.15, 0.2) is 0 Å². The smallest absolute Gasteiger partial charge is 0.294 e. The first-order valence-electron chi connectivity index (χ1n) is 7.06. The van der Waals surface area contributed by atoms with Crippen LogP contribution in [-0.4, -0.2) is 17.4 Å². The van der Waals surface area contributed by atoms with Crippen LogP contribution in [0.4, 0.5) is 11.4 Å². The van der Waals surface area contributed by atoms with E-state index in [9.17, 15) is 14.9 Å². The average molecular weight is 292 g/mol. The van der Waals surface area contributed by atoms with Gasteiger partial charge in [0.1, 0.15) is 5.69 Å². The number of nitrogen functional groups attached to an aromatic ring is 1. The van der Waals surface area contributed by atoms with E-state index < -0.39 is 4.92 Å². The summed E-state index contributed by atoms with van der Waals surface area (Å²) >= 11 is 0. The van der Waals surface area contributed by atoms with Crippen molar-refractivity contribution in [2.75, 3.05) is 12.0 Å². The van der Waals surface area contributed by atoms with Crippen molar-refractivity contribution in [1.82, 2.24) is 5.32 Å². The van der Waals surface area contributed by atoms with Crippen molar-refractivity contribution < 1.29 is 9.72 Å². The molecule has 7 heteroatoms. The van der Waals surface area contributed by atoms with Crippen molar-refractivity contribution in [3.8, 4) is 0 Å². The number of hydrazine groups is 1. The third-order valence-corrected chi connectivity index (χ3v) is 4.19. The fraction of sp³-hybridized carbons (Fsp3) is 0.500. The molecular formula is C14H20N4O3. The van der Waals surface area contributed by atoms with Crippen molar-refractivity contribution >= 4 is 17.3 Å². The highest BCUT2D eigenvalue weighted by Crippen LogP contribution is 2.31. The van der Waals surface area contributed by atoms with Gasteiger partial charge >= 0.3 is 0 Å². The molecule has 0 bridgehead atoms. The first kappa shape index (κ1) is 15.2. The molecule has 0 spiro atoms. The van der Waals surface area contributed by atoms with Crippen molar-refractivity contribution in [2.24, 2.45) is 17.7 Å². The summed E-state index contributed by atoms with van der Waals surface area (Å²) in [6, 6.07) is 4.31. The number of carbonyl (C=O) groups is 1.